The Morgan fingerprint density at radius 3 is 2.55 bits per heavy atom. The van der Waals surface area contributed by atoms with Crippen LogP contribution in [0.3, 0.4) is 0 Å². The van der Waals surface area contributed by atoms with E-state index >= 15 is 0 Å². The standard InChI is InChI=1S/C26H25BrN4O5S2/c1-3-21(24(33)28-17-10-6-8-12-20(17)35-4-2)38-26-29-18-13-14-37-23(18)25(34)31(26)30-22(32)15-36-19-11-7-5-9-16(19)27/h5-14,21H,3-4,15H2,1-2H3,(H,28,33)(H,30,32)/t21-/m0/s1. The number of carbonyl (C=O) groups is 2. The van der Waals surface area contributed by atoms with Gasteiger partial charge < -0.3 is 14.8 Å². The van der Waals surface area contributed by atoms with Gasteiger partial charge in [-0.2, -0.15) is 4.68 Å². The van der Waals surface area contributed by atoms with E-state index in [1.165, 1.54) is 11.3 Å². The minimum absolute atomic E-state index is 0.190. The van der Waals surface area contributed by atoms with E-state index in [0.29, 0.717) is 44.9 Å². The predicted molar refractivity (Wildman–Crippen MR) is 154 cm³/mol. The maximum absolute atomic E-state index is 13.3. The zero-order valence-electron chi connectivity index (χ0n) is 20.6. The molecule has 12 heteroatoms. The van der Waals surface area contributed by atoms with E-state index in [4.69, 9.17) is 9.47 Å². The maximum Gasteiger partial charge on any atom is 0.291 e. The van der Waals surface area contributed by atoms with Crippen molar-refractivity contribution in [3.63, 3.8) is 0 Å². The Morgan fingerprint density at radius 2 is 1.82 bits per heavy atom. The SMILES string of the molecule is CCOc1ccccc1NC(=O)[C@H](CC)Sc1nc2ccsc2c(=O)n1NC(=O)COc1ccccc1Br. The molecule has 1 atom stereocenters. The number of ether oxygens (including phenoxy) is 2. The molecular weight excluding hydrogens is 592 g/mol. The first-order valence-corrected chi connectivity index (χ1v) is 14.3. The van der Waals surface area contributed by atoms with Gasteiger partial charge in [0.1, 0.15) is 16.2 Å². The molecule has 0 saturated carbocycles. The molecule has 0 fully saturated rings. The second-order valence-corrected chi connectivity index (χ2v) is 10.8. The van der Waals surface area contributed by atoms with Crippen molar-refractivity contribution in [1.82, 2.24) is 9.66 Å². The number of hydrogen-bond acceptors (Lipinski definition) is 8. The zero-order chi connectivity index (χ0) is 27.1. The van der Waals surface area contributed by atoms with Crippen molar-refractivity contribution >= 4 is 66.7 Å². The smallest absolute Gasteiger partial charge is 0.291 e. The van der Waals surface area contributed by atoms with Crippen LogP contribution in [-0.2, 0) is 9.59 Å². The molecule has 2 aromatic heterocycles. The summed E-state index contributed by atoms with van der Waals surface area (Å²) < 4.78 is 13.4. The van der Waals surface area contributed by atoms with Gasteiger partial charge in [-0.1, -0.05) is 43.0 Å². The molecule has 4 aromatic rings. The third-order valence-electron chi connectivity index (χ3n) is 5.24. The van der Waals surface area contributed by atoms with Crippen LogP contribution in [0.25, 0.3) is 10.2 Å². The number of aromatic nitrogens is 2. The van der Waals surface area contributed by atoms with Crippen LogP contribution < -0.4 is 25.8 Å². The van der Waals surface area contributed by atoms with Gasteiger partial charge in [0, 0.05) is 0 Å². The molecule has 0 aliphatic carbocycles. The van der Waals surface area contributed by atoms with Crippen molar-refractivity contribution in [2.45, 2.75) is 30.7 Å². The van der Waals surface area contributed by atoms with Crippen molar-refractivity contribution in [2.24, 2.45) is 0 Å². The van der Waals surface area contributed by atoms with Crippen LogP contribution >= 0.6 is 39.0 Å². The molecule has 0 unspecified atom stereocenters. The number of benzene rings is 2. The second kappa shape index (κ2) is 12.9. The van der Waals surface area contributed by atoms with Crippen molar-refractivity contribution in [3.8, 4) is 11.5 Å². The Bertz CT molecular complexity index is 1510. The Kier molecular flexibility index (Phi) is 9.43. The lowest BCUT2D eigenvalue weighted by Crippen LogP contribution is -2.37. The first-order chi connectivity index (χ1) is 18.4. The molecule has 0 saturated heterocycles. The molecular formula is C26H25BrN4O5S2. The van der Waals surface area contributed by atoms with Gasteiger partial charge in [0.15, 0.2) is 11.8 Å². The molecule has 198 valence electrons. The van der Waals surface area contributed by atoms with Crippen LogP contribution in [0.4, 0.5) is 5.69 Å². The van der Waals surface area contributed by atoms with Gasteiger partial charge >= 0.3 is 0 Å². The number of hydrogen-bond donors (Lipinski definition) is 2. The van der Waals surface area contributed by atoms with Crippen LogP contribution in [0.5, 0.6) is 11.5 Å². The average molecular weight is 618 g/mol. The van der Waals surface area contributed by atoms with E-state index in [1.54, 1.807) is 41.8 Å². The van der Waals surface area contributed by atoms with Crippen molar-refractivity contribution in [3.05, 3.63) is 74.8 Å². The van der Waals surface area contributed by atoms with Gasteiger partial charge in [0.2, 0.25) is 5.91 Å². The predicted octanol–water partition coefficient (Wildman–Crippen LogP) is 5.28. The third-order valence-corrected chi connectivity index (χ3v) is 8.10. The van der Waals surface area contributed by atoms with E-state index in [0.717, 1.165) is 16.4 Å². The maximum atomic E-state index is 13.3. The number of thioether (sulfide) groups is 1. The minimum atomic E-state index is -0.604. The molecule has 0 aliphatic heterocycles. The third kappa shape index (κ3) is 6.55. The first-order valence-electron chi connectivity index (χ1n) is 11.8. The van der Waals surface area contributed by atoms with Gasteiger partial charge in [-0.3, -0.25) is 19.8 Å². The summed E-state index contributed by atoms with van der Waals surface area (Å²) >= 11 is 5.70. The summed E-state index contributed by atoms with van der Waals surface area (Å²) in [6, 6.07) is 16.0. The Labute approximate surface area is 235 Å². The van der Waals surface area contributed by atoms with Gasteiger partial charge in [-0.05, 0) is 65.0 Å². The number of nitrogens with zero attached hydrogens (tertiary/aromatic N) is 2. The minimum Gasteiger partial charge on any atom is -0.492 e. The monoisotopic (exact) mass is 616 g/mol. The summed E-state index contributed by atoms with van der Waals surface area (Å²) in [6.45, 7) is 3.86. The highest BCUT2D eigenvalue weighted by Gasteiger charge is 2.24. The van der Waals surface area contributed by atoms with Crippen molar-refractivity contribution in [2.75, 3.05) is 24.0 Å². The van der Waals surface area contributed by atoms with Crippen LogP contribution in [0, 0.1) is 0 Å². The van der Waals surface area contributed by atoms with Gasteiger partial charge in [0.05, 0.1) is 27.5 Å². The number of nitrogens with one attached hydrogen (secondary N) is 2. The molecule has 38 heavy (non-hydrogen) atoms. The Morgan fingerprint density at radius 1 is 1.08 bits per heavy atom. The Hall–Kier alpha value is -3.35. The van der Waals surface area contributed by atoms with Crippen LogP contribution in [-0.4, -0.2) is 39.9 Å². The number of thiophene rings is 1. The summed E-state index contributed by atoms with van der Waals surface area (Å²) in [5.74, 6) is 0.228. The fourth-order valence-corrected chi connectivity index (χ4v) is 5.58. The van der Waals surface area contributed by atoms with E-state index in [1.807, 2.05) is 32.0 Å². The summed E-state index contributed by atoms with van der Waals surface area (Å²) in [6.07, 6.45) is 0.448. The number of amides is 2. The summed E-state index contributed by atoms with van der Waals surface area (Å²) in [7, 11) is 0. The average Bonchev–Trinajstić information content (AvgIpc) is 3.39. The molecule has 0 radical (unpaired) electrons. The quantitative estimate of drug-likeness (QED) is 0.174. The van der Waals surface area contributed by atoms with Crippen LogP contribution in [0.15, 0.2) is 74.4 Å². The summed E-state index contributed by atoms with van der Waals surface area (Å²) in [5.41, 5.74) is 3.20. The van der Waals surface area contributed by atoms with Crippen LogP contribution in [0.2, 0.25) is 0 Å². The highest BCUT2D eigenvalue weighted by Crippen LogP contribution is 2.29. The topological polar surface area (TPSA) is 112 Å². The highest BCUT2D eigenvalue weighted by atomic mass is 79.9. The normalized spacial score (nSPS) is 11.7. The number of para-hydroxylation sites is 3. The highest BCUT2D eigenvalue weighted by molar-refractivity contribution is 9.10. The molecule has 0 spiro atoms. The molecule has 2 aromatic carbocycles. The Balaban J connectivity index is 1.56. The molecule has 4 rings (SSSR count). The molecule has 0 bridgehead atoms. The van der Waals surface area contributed by atoms with Crippen molar-refractivity contribution < 1.29 is 19.1 Å². The van der Waals surface area contributed by atoms with Gasteiger partial charge in [-0.25, -0.2) is 4.98 Å². The van der Waals surface area contributed by atoms with Crippen LogP contribution in [0.1, 0.15) is 20.3 Å². The molecule has 9 nitrogen and oxygen atoms in total. The lowest BCUT2D eigenvalue weighted by atomic mass is 10.2. The summed E-state index contributed by atoms with van der Waals surface area (Å²) in [5, 5.41) is 4.25. The molecule has 0 aliphatic rings. The number of halogens is 1. The number of rotatable bonds is 11. The molecule has 2 heterocycles. The zero-order valence-corrected chi connectivity index (χ0v) is 23.8. The number of carbonyl (C=O) groups excluding carboxylic acids is 2. The molecule has 2 amide bonds. The first kappa shape index (κ1) is 27.7. The van der Waals surface area contributed by atoms with E-state index in [9.17, 15) is 14.4 Å². The number of anilines is 1. The van der Waals surface area contributed by atoms with E-state index in [-0.39, 0.29) is 17.7 Å². The largest absolute Gasteiger partial charge is 0.492 e. The fraction of sp³-hybridized carbons (Fsp3) is 0.231. The van der Waals surface area contributed by atoms with E-state index < -0.39 is 16.7 Å². The summed E-state index contributed by atoms with van der Waals surface area (Å²) in [4.78, 5) is 43.8. The fourth-order valence-electron chi connectivity index (χ4n) is 3.45. The van der Waals surface area contributed by atoms with Gasteiger partial charge in [0.25, 0.3) is 11.5 Å². The number of fused-ring (bicyclic) bond motifs is 1. The van der Waals surface area contributed by atoms with Gasteiger partial charge in [-0.15, -0.1) is 11.3 Å². The lowest BCUT2D eigenvalue weighted by Gasteiger charge is -2.19. The van der Waals surface area contributed by atoms with E-state index in [2.05, 4.69) is 31.7 Å². The second-order valence-electron chi connectivity index (χ2n) is 7.86. The lowest BCUT2D eigenvalue weighted by molar-refractivity contribution is -0.119. The van der Waals surface area contributed by atoms with Crippen molar-refractivity contribution in [1.29, 1.82) is 0 Å². The molecule has 2 N–H and O–H groups in total.